The third-order valence-electron chi connectivity index (χ3n) is 3.74. The predicted molar refractivity (Wildman–Crippen MR) is 99.1 cm³/mol. The first-order chi connectivity index (χ1) is 12.4. The molecule has 0 unspecified atom stereocenters. The standard InChI is InChI=1S/C18H17FN2O3S2/c1-2-11-21-17-14(19)9-6-10-15(17)25-18(21)20-16(22)12-26(23,24)13-7-4-3-5-8-13/h3-10H,2,11-12H2,1H3. The average Bonchev–Trinajstić information content (AvgIpc) is 2.94. The summed E-state index contributed by atoms with van der Waals surface area (Å²) in [6.07, 6.45) is 0.726. The third-order valence-corrected chi connectivity index (χ3v) is 6.40. The lowest BCUT2D eigenvalue weighted by atomic mass is 10.3. The average molecular weight is 392 g/mol. The molecule has 136 valence electrons. The summed E-state index contributed by atoms with van der Waals surface area (Å²) in [7, 11) is -3.76. The number of para-hydroxylation sites is 1. The van der Waals surface area contributed by atoms with Gasteiger partial charge >= 0.3 is 0 Å². The Morgan fingerprint density at radius 2 is 1.88 bits per heavy atom. The molecule has 26 heavy (non-hydrogen) atoms. The lowest BCUT2D eigenvalue weighted by Gasteiger charge is -2.04. The molecule has 3 aromatic rings. The van der Waals surface area contributed by atoms with Crippen LogP contribution in [0.15, 0.2) is 58.4 Å². The third kappa shape index (κ3) is 3.76. The molecule has 3 rings (SSSR count). The van der Waals surface area contributed by atoms with Crippen molar-refractivity contribution in [2.45, 2.75) is 24.8 Å². The fraction of sp³-hybridized carbons (Fsp3) is 0.222. The molecule has 2 aromatic carbocycles. The van der Waals surface area contributed by atoms with Gasteiger partial charge in [-0.1, -0.05) is 42.5 Å². The summed E-state index contributed by atoms with van der Waals surface area (Å²) in [5.41, 5.74) is 0.386. The van der Waals surface area contributed by atoms with Gasteiger partial charge in [0, 0.05) is 6.54 Å². The van der Waals surface area contributed by atoms with Crippen molar-refractivity contribution >= 4 is 37.3 Å². The maximum atomic E-state index is 14.2. The van der Waals surface area contributed by atoms with Gasteiger partial charge in [-0.3, -0.25) is 4.79 Å². The molecule has 0 atom stereocenters. The van der Waals surface area contributed by atoms with E-state index in [2.05, 4.69) is 4.99 Å². The Labute approximate surface area is 154 Å². The number of aromatic nitrogens is 1. The molecule has 0 saturated carbocycles. The van der Waals surface area contributed by atoms with Gasteiger partial charge in [0.05, 0.1) is 15.1 Å². The molecule has 5 nitrogen and oxygen atoms in total. The number of benzene rings is 2. The summed E-state index contributed by atoms with van der Waals surface area (Å²) < 4.78 is 41.1. The van der Waals surface area contributed by atoms with Crippen LogP contribution >= 0.6 is 11.3 Å². The second-order valence-electron chi connectivity index (χ2n) is 5.70. The number of thiazole rings is 1. The van der Waals surface area contributed by atoms with Crippen LogP contribution in [0.5, 0.6) is 0 Å². The normalized spacial score (nSPS) is 12.6. The highest BCUT2D eigenvalue weighted by molar-refractivity contribution is 7.92. The molecular weight excluding hydrogens is 375 g/mol. The summed E-state index contributed by atoms with van der Waals surface area (Å²) in [5.74, 6) is -1.89. The lowest BCUT2D eigenvalue weighted by Crippen LogP contribution is -2.21. The molecule has 0 fully saturated rings. The van der Waals surface area contributed by atoms with Gasteiger partial charge in [0.15, 0.2) is 14.6 Å². The molecule has 0 saturated heterocycles. The van der Waals surface area contributed by atoms with E-state index in [1.54, 1.807) is 34.9 Å². The first-order valence-corrected chi connectivity index (χ1v) is 10.5. The van der Waals surface area contributed by atoms with Crippen molar-refractivity contribution in [3.05, 3.63) is 59.1 Å². The summed E-state index contributed by atoms with van der Waals surface area (Å²) in [5, 5.41) is 0. The van der Waals surface area contributed by atoms with E-state index >= 15 is 0 Å². The van der Waals surface area contributed by atoms with Crippen LogP contribution in [0.3, 0.4) is 0 Å². The Bertz CT molecular complexity index is 1120. The summed E-state index contributed by atoms with van der Waals surface area (Å²) in [6, 6.07) is 12.5. The Morgan fingerprint density at radius 1 is 1.15 bits per heavy atom. The molecule has 0 aliphatic rings. The minimum atomic E-state index is -3.76. The number of carbonyl (C=O) groups excluding carboxylic acids is 1. The number of halogens is 1. The zero-order valence-corrected chi connectivity index (χ0v) is 15.7. The molecule has 0 bridgehead atoms. The van der Waals surface area contributed by atoms with Crippen LogP contribution in [0, 0.1) is 5.82 Å². The van der Waals surface area contributed by atoms with E-state index in [0.29, 0.717) is 21.6 Å². The minimum absolute atomic E-state index is 0.0763. The molecule has 0 N–H and O–H groups in total. The van der Waals surface area contributed by atoms with E-state index in [9.17, 15) is 17.6 Å². The molecule has 0 aliphatic heterocycles. The molecule has 8 heteroatoms. The number of carbonyl (C=O) groups is 1. The number of sulfone groups is 1. The highest BCUT2D eigenvalue weighted by Crippen LogP contribution is 2.20. The van der Waals surface area contributed by atoms with Crippen LogP contribution in [-0.2, 0) is 21.2 Å². The number of fused-ring (bicyclic) bond motifs is 1. The summed E-state index contributed by atoms with van der Waals surface area (Å²) in [4.78, 5) is 16.6. The van der Waals surface area contributed by atoms with Crippen molar-refractivity contribution in [1.29, 1.82) is 0 Å². The number of hydrogen-bond donors (Lipinski definition) is 0. The Morgan fingerprint density at radius 3 is 2.58 bits per heavy atom. The molecule has 1 aromatic heterocycles. The van der Waals surface area contributed by atoms with Gasteiger partial charge in [0.25, 0.3) is 5.91 Å². The molecular formula is C18H17FN2O3S2. The van der Waals surface area contributed by atoms with Crippen molar-refractivity contribution in [1.82, 2.24) is 4.57 Å². The highest BCUT2D eigenvalue weighted by Gasteiger charge is 2.19. The van der Waals surface area contributed by atoms with Crippen LogP contribution in [0.25, 0.3) is 10.2 Å². The number of aryl methyl sites for hydroxylation is 1. The van der Waals surface area contributed by atoms with E-state index < -0.39 is 27.3 Å². The molecule has 0 aliphatic carbocycles. The minimum Gasteiger partial charge on any atom is -0.314 e. The van der Waals surface area contributed by atoms with Gasteiger partial charge in [-0.2, -0.15) is 4.99 Å². The summed E-state index contributed by atoms with van der Waals surface area (Å²) in [6.45, 7) is 2.42. The van der Waals surface area contributed by atoms with Crippen LogP contribution in [0.1, 0.15) is 13.3 Å². The van der Waals surface area contributed by atoms with Crippen molar-refractivity contribution in [3.63, 3.8) is 0 Å². The van der Waals surface area contributed by atoms with Gasteiger partial charge in [-0.25, -0.2) is 12.8 Å². The van der Waals surface area contributed by atoms with E-state index in [1.165, 1.54) is 29.5 Å². The van der Waals surface area contributed by atoms with Crippen LogP contribution < -0.4 is 4.80 Å². The van der Waals surface area contributed by atoms with E-state index in [0.717, 1.165) is 6.42 Å². The zero-order chi connectivity index (χ0) is 18.7. The molecule has 1 heterocycles. The van der Waals surface area contributed by atoms with Gasteiger partial charge in [-0.15, -0.1) is 0 Å². The lowest BCUT2D eigenvalue weighted by molar-refractivity contribution is -0.115. The van der Waals surface area contributed by atoms with Gasteiger partial charge in [0.1, 0.15) is 11.6 Å². The molecule has 0 spiro atoms. The fourth-order valence-corrected chi connectivity index (χ4v) is 4.83. The number of amides is 1. The first kappa shape index (κ1) is 18.5. The van der Waals surface area contributed by atoms with E-state index in [4.69, 9.17) is 0 Å². The van der Waals surface area contributed by atoms with E-state index in [-0.39, 0.29) is 4.90 Å². The van der Waals surface area contributed by atoms with Crippen molar-refractivity contribution in [2.24, 2.45) is 4.99 Å². The Balaban J connectivity index is 2.01. The van der Waals surface area contributed by atoms with Gasteiger partial charge in [-0.05, 0) is 30.7 Å². The first-order valence-electron chi connectivity index (χ1n) is 8.05. The van der Waals surface area contributed by atoms with Crippen molar-refractivity contribution < 1.29 is 17.6 Å². The number of rotatable bonds is 5. The number of hydrogen-bond acceptors (Lipinski definition) is 4. The Hall–Kier alpha value is -2.32. The van der Waals surface area contributed by atoms with Crippen LogP contribution in [0.4, 0.5) is 4.39 Å². The second kappa shape index (κ2) is 7.51. The van der Waals surface area contributed by atoms with Crippen molar-refractivity contribution in [2.75, 3.05) is 5.75 Å². The van der Waals surface area contributed by atoms with Crippen LogP contribution in [-0.4, -0.2) is 24.6 Å². The predicted octanol–water partition coefficient (Wildman–Crippen LogP) is 3.15. The zero-order valence-electron chi connectivity index (χ0n) is 14.1. The maximum absolute atomic E-state index is 14.2. The molecule has 1 amide bonds. The van der Waals surface area contributed by atoms with E-state index in [1.807, 2.05) is 6.92 Å². The number of nitrogens with zero attached hydrogens (tertiary/aromatic N) is 2. The summed E-state index contributed by atoms with van der Waals surface area (Å²) >= 11 is 1.17. The maximum Gasteiger partial charge on any atom is 0.263 e. The van der Waals surface area contributed by atoms with Gasteiger partial charge < -0.3 is 4.57 Å². The second-order valence-corrected chi connectivity index (χ2v) is 8.70. The quantitative estimate of drug-likeness (QED) is 0.670. The smallest absolute Gasteiger partial charge is 0.263 e. The SMILES string of the molecule is CCCn1c(=NC(=O)CS(=O)(=O)c2ccccc2)sc2cccc(F)c21. The van der Waals surface area contributed by atoms with Gasteiger partial charge in [0.2, 0.25) is 0 Å². The topological polar surface area (TPSA) is 68.5 Å². The highest BCUT2D eigenvalue weighted by atomic mass is 32.2. The largest absolute Gasteiger partial charge is 0.314 e. The monoisotopic (exact) mass is 392 g/mol. The Kier molecular flexibility index (Phi) is 5.33. The van der Waals surface area contributed by atoms with Crippen molar-refractivity contribution in [3.8, 4) is 0 Å². The van der Waals surface area contributed by atoms with Crippen LogP contribution in [0.2, 0.25) is 0 Å². The molecule has 0 radical (unpaired) electrons. The fourth-order valence-electron chi connectivity index (χ4n) is 2.62.